The van der Waals surface area contributed by atoms with E-state index in [1.54, 1.807) is 7.11 Å². The molecule has 0 spiro atoms. The molecular weight excluding hydrogens is 408 g/mol. The summed E-state index contributed by atoms with van der Waals surface area (Å²) in [5, 5.41) is 8.41. The minimum absolute atomic E-state index is 0.171. The Morgan fingerprint density at radius 1 is 1.10 bits per heavy atom. The summed E-state index contributed by atoms with van der Waals surface area (Å²) in [6.45, 7) is 5.55. The Bertz CT molecular complexity index is 1080. The number of nitrogens with one attached hydrogen (secondary N) is 1. The Hall–Kier alpha value is -3.03. The van der Waals surface area contributed by atoms with Crippen molar-refractivity contribution >= 4 is 22.9 Å². The van der Waals surface area contributed by atoms with Gasteiger partial charge in [-0.3, -0.25) is 0 Å². The van der Waals surface area contributed by atoms with Gasteiger partial charge in [0, 0.05) is 31.5 Å². The average molecular weight is 435 g/mol. The van der Waals surface area contributed by atoms with Crippen molar-refractivity contribution < 1.29 is 9.26 Å². The van der Waals surface area contributed by atoms with Crippen LogP contribution < -0.4 is 5.32 Å². The lowest BCUT2D eigenvalue weighted by atomic mass is 9.94. The molecule has 31 heavy (non-hydrogen) atoms. The molecule has 1 aliphatic heterocycles. The van der Waals surface area contributed by atoms with E-state index in [2.05, 4.69) is 53.5 Å². The molecule has 1 N–H and O–H groups in total. The third-order valence-corrected chi connectivity index (χ3v) is 5.76. The van der Waals surface area contributed by atoms with Gasteiger partial charge in [-0.25, -0.2) is 0 Å². The first-order valence-electron chi connectivity index (χ1n) is 10.3. The monoisotopic (exact) mass is 434 g/mol. The van der Waals surface area contributed by atoms with Crippen molar-refractivity contribution in [1.29, 1.82) is 0 Å². The number of hydrogen-bond donors (Lipinski definition) is 1. The number of rotatable bonds is 7. The van der Waals surface area contributed by atoms with Gasteiger partial charge >= 0.3 is 0 Å². The molecule has 0 amide bonds. The second-order valence-corrected chi connectivity index (χ2v) is 7.97. The van der Waals surface area contributed by atoms with Gasteiger partial charge in [0.15, 0.2) is 5.11 Å². The summed E-state index contributed by atoms with van der Waals surface area (Å²) in [5.74, 6) is 1.06. The predicted octanol–water partition coefficient (Wildman–Crippen LogP) is 4.74. The lowest BCUT2D eigenvalue weighted by Gasteiger charge is -2.37. The number of methoxy groups -OCH3 is 1. The quantitative estimate of drug-likeness (QED) is 0.425. The number of aryl methyl sites for hydroxylation is 1. The van der Waals surface area contributed by atoms with Crippen molar-refractivity contribution in [1.82, 2.24) is 20.4 Å². The second kappa shape index (κ2) is 9.41. The van der Waals surface area contributed by atoms with Crippen LogP contribution >= 0.6 is 12.2 Å². The van der Waals surface area contributed by atoms with E-state index in [0.717, 1.165) is 35.4 Å². The summed E-state index contributed by atoms with van der Waals surface area (Å²) in [6.07, 6.45) is 0.858. The fourth-order valence-electron chi connectivity index (χ4n) is 3.74. The second-order valence-electron chi connectivity index (χ2n) is 7.58. The van der Waals surface area contributed by atoms with Crippen molar-refractivity contribution in [3.8, 4) is 11.4 Å². The van der Waals surface area contributed by atoms with E-state index in [9.17, 15) is 0 Å². The Balaban J connectivity index is 1.76. The summed E-state index contributed by atoms with van der Waals surface area (Å²) in [7, 11) is 1.71. The van der Waals surface area contributed by atoms with Gasteiger partial charge < -0.3 is 19.5 Å². The zero-order chi connectivity index (χ0) is 21.8. The van der Waals surface area contributed by atoms with Gasteiger partial charge in [-0.1, -0.05) is 65.3 Å². The lowest BCUT2D eigenvalue weighted by molar-refractivity contribution is 0.188. The molecule has 0 radical (unpaired) electrons. The van der Waals surface area contributed by atoms with Crippen LogP contribution in [0.2, 0.25) is 0 Å². The lowest BCUT2D eigenvalue weighted by Crippen LogP contribution is -2.46. The zero-order valence-corrected chi connectivity index (χ0v) is 18.8. The first kappa shape index (κ1) is 21.2. The maximum Gasteiger partial charge on any atom is 0.258 e. The van der Waals surface area contributed by atoms with Crippen molar-refractivity contribution in [2.75, 3.05) is 20.3 Å². The fraction of sp³-hybridized carbons (Fsp3) is 0.292. The molecule has 0 bridgehead atoms. The number of ether oxygens (including phenoxy) is 1. The Labute approximate surface area is 187 Å². The summed E-state index contributed by atoms with van der Waals surface area (Å²) in [6, 6.07) is 18.1. The van der Waals surface area contributed by atoms with E-state index in [0.29, 0.717) is 23.4 Å². The molecule has 1 unspecified atom stereocenters. The first-order chi connectivity index (χ1) is 15.1. The summed E-state index contributed by atoms with van der Waals surface area (Å²) in [5.41, 5.74) is 5.16. The number of hydrogen-bond acceptors (Lipinski definition) is 5. The Kier molecular flexibility index (Phi) is 6.44. The molecule has 6 nitrogen and oxygen atoms in total. The molecule has 7 heteroatoms. The van der Waals surface area contributed by atoms with Crippen LogP contribution in [-0.2, 0) is 4.74 Å². The van der Waals surface area contributed by atoms with Crippen molar-refractivity contribution in [2.45, 2.75) is 26.3 Å². The maximum absolute atomic E-state index is 5.76. The third-order valence-electron chi connectivity index (χ3n) is 5.43. The minimum atomic E-state index is -0.171. The number of aromatic nitrogens is 2. The molecule has 3 aromatic rings. The number of thiocarbonyl (C=S) groups is 1. The predicted molar refractivity (Wildman–Crippen MR) is 125 cm³/mol. The van der Waals surface area contributed by atoms with Gasteiger partial charge in [-0.05, 0) is 38.0 Å². The Morgan fingerprint density at radius 2 is 1.84 bits per heavy atom. The van der Waals surface area contributed by atoms with Crippen LogP contribution in [0.25, 0.3) is 17.0 Å². The van der Waals surface area contributed by atoms with E-state index in [-0.39, 0.29) is 6.04 Å². The van der Waals surface area contributed by atoms with Gasteiger partial charge in [-0.2, -0.15) is 4.98 Å². The first-order valence-corrected chi connectivity index (χ1v) is 10.7. The normalized spacial score (nSPS) is 16.5. The summed E-state index contributed by atoms with van der Waals surface area (Å²) in [4.78, 5) is 6.82. The van der Waals surface area contributed by atoms with Crippen LogP contribution in [0.4, 0.5) is 0 Å². The molecule has 1 aliphatic rings. The third kappa shape index (κ3) is 4.52. The highest BCUT2D eigenvalue weighted by atomic mass is 32.1. The van der Waals surface area contributed by atoms with Gasteiger partial charge in [0.05, 0.1) is 11.6 Å². The number of benzene rings is 2. The van der Waals surface area contributed by atoms with Crippen molar-refractivity contribution in [3.63, 3.8) is 0 Å². The fourth-order valence-corrected chi connectivity index (χ4v) is 4.09. The highest BCUT2D eigenvalue weighted by Crippen LogP contribution is 2.37. The smallest absolute Gasteiger partial charge is 0.258 e. The molecule has 0 aliphatic carbocycles. The van der Waals surface area contributed by atoms with Crippen LogP contribution in [-0.4, -0.2) is 40.4 Å². The molecule has 4 rings (SSSR count). The highest BCUT2D eigenvalue weighted by molar-refractivity contribution is 7.80. The molecule has 2 heterocycles. The molecule has 1 atom stereocenters. The van der Waals surface area contributed by atoms with E-state index in [1.165, 1.54) is 5.56 Å². The van der Waals surface area contributed by atoms with E-state index in [1.807, 2.05) is 30.3 Å². The topological polar surface area (TPSA) is 63.4 Å². The average Bonchev–Trinajstić information content (AvgIpc) is 3.26. The van der Waals surface area contributed by atoms with E-state index in [4.69, 9.17) is 26.5 Å². The molecular formula is C24H26N4O2S. The summed E-state index contributed by atoms with van der Waals surface area (Å²) < 4.78 is 11.0. The van der Waals surface area contributed by atoms with Crippen LogP contribution in [0.3, 0.4) is 0 Å². The highest BCUT2D eigenvalue weighted by Gasteiger charge is 2.33. The maximum atomic E-state index is 5.76. The summed E-state index contributed by atoms with van der Waals surface area (Å²) >= 11 is 5.71. The van der Waals surface area contributed by atoms with Gasteiger partial charge in [0.1, 0.15) is 0 Å². The van der Waals surface area contributed by atoms with Gasteiger partial charge in [0.25, 0.3) is 5.89 Å². The van der Waals surface area contributed by atoms with Crippen molar-refractivity contribution in [3.05, 3.63) is 77.3 Å². The molecule has 0 saturated carbocycles. The van der Waals surface area contributed by atoms with Crippen LogP contribution in [0.1, 0.15) is 36.4 Å². The van der Waals surface area contributed by atoms with Crippen LogP contribution in [0.15, 0.2) is 64.8 Å². The largest absolute Gasteiger partial charge is 0.385 e. The van der Waals surface area contributed by atoms with E-state index < -0.39 is 0 Å². The van der Waals surface area contributed by atoms with E-state index >= 15 is 0 Å². The minimum Gasteiger partial charge on any atom is -0.385 e. The Morgan fingerprint density at radius 3 is 2.55 bits per heavy atom. The molecule has 160 valence electrons. The van der Waals surface area contributed by atoms with Gasteiger partial charge in [-0.15, -0.1) is 0 Å². The zero-order valence-electron chi connectivity index (χ0n) is 18.0. The molecule has 1 aromatic heterocycles. The van der Waals surface area contributed by atoms with Crippen LogP contribution in [0.5, 0.6) is 0 Å². The van der Waals surface area contributed by atoms with Crippen molar-refractivity contribution in [2.24, 2.45) is 0 Å². The molecule has 2 aromatic carbocycles. The van der Waals surface area contributed by atoms with Gasteiger partial charge in [0.2, 0.25) is 5.82 Å². The molecule has 0 saturated heterocycles. The standard InChI is InChI=1S/C24H26N4O2S/c1-16-10-12-18(13-11-16)21-20(17(2)28(24(31)25-21)14-7-15-29-3)23-26-22(27-30-23)19-8-5-4-6-9-19/h4-6,8-13,21H,7,14-15H2,1-3H3,(H,25,31). The van der Waals surface area contributed by atoms with Crippen LogP contribution in [0, 0.1) is 6.92 Å². The SMILES string of the molecule is COCCCN1C(=S)NC(c2ccc(C)cc2)C(c2nc(-c3ccccc3)no2)=C1C. The molecule has 0 fully saturated rings. The number of allylic oxidation sites excluding steroid dienone is 1. The number of nitrogens with zero attached hydrogens (tertiary/aromatic N) is 3.